The van der Waals surface area contributed by atoms with Gasteiger partial charge in [0.25, 0.3) is 5.91 Å². The highest BCUT2D eigenvalue weighted by Gasteiger charge is 2.35. The van der Waals surface area contributed by atoms with Crippen LogP contribution >= 0.6 is 58.4 Å². The number of hydrogen-bond acceptors (Lipinski definition) is 5. The van der Waals surface area contributed by atoms with Crippen molar-refractivity contribution in [1.82, 2.24) is 10.6 Å². The van der Waals surface area contributed by atoms with Crippen LogP contribution in [0.5, 0.6) is 0 Å². The number of aryl methyl sites for hydroxylation is 2. The predicted octanol–water partition coefficient (Wildman–Crippen LogP) is 5.52. The van der Waals surface area contributed by atoms with Gasteiger partial charge < -0.3 is 20.7 Å². The number of rotatable bonds is 6. The molecule has 0 saturated carbocycles. The Morgan fingerprint density at radius 3 is 2.55 bits per heavy atom. The summed E-state index contributed by atoms with van der Waals surface area (Å²) in [7, 11) is 0. The molecule has 1 aliphatic rings. The van der Waals surface area contributed by atoms with Crippen molar-refractivity contribution in [3.8, 4) is 0 Å². The molecular weight excluding hydrogens is 525 g/mol. The van der Waals surface area contributed by atoms with Crippen LogP contribution < -0.4 is 16.0 Å². The first kappa shape index (κ1) is 26.0. The molecule has 1 aromatic heterocycles. The summed E-state index contributed by atoms with van der Waals surface area (Å²) in [5.74, 6) is -0.813. The second-order valence-electron chi connectivity index (χ2n) is 7.50. The molecule has 11 heteroatoms. The molecule has 0 spiro atoms. The quantitative estimate of drug-likeness (QED) is 0.191. The number of thiocarbonyl (C=S) groups is 1. The second kappa shape index (κ2) is 11.2. The van der Waals surface area contributed by atoms with E-state index in [4.69, 9.17) is 51.8 Å². The number of halogens is 3. The number of amides is 1. The van der Waals surface area contributed by atoms with Crippen molar-refractivity contribution >= 4 is 80.3 Å². The topological polar surface area (TPSA) is 79.5 Å². The van der Waals surface area contributed by atoms with E-state index >= 15 is 0 Å². The Bertz CT molecular complexity index is 1050. The zero-order chi connectivity index (χ0) is 24.2. The van der Waals surface area contributed by atoms with Crippen molar-refractivity contribution in [3.63, 3.8) is 0 Å². The Balaban J connectivity index is 1.79. The number of alkyl halides is 3. The fourth-order valence-electron chi connectivity index (χ4n) is 3.58. The van der Waals surface area contributed by atoms with Crippen molar-refractivity contribution < 1.29 is 14.3 Å². The van der Waals surface area contributed by atoms with Crippen LogP contribution in [0, 0.1) is 6.92 Å². The van der Waals surface area contributed by atoms with Gasteiger partial charge in [-0.25, -0.2) is 4.79 Å². The third kappa shape index (κ3) is 6.51. The normalized spacial score (nSPS) is 14.1. The van der Waals surface area contributed by atoms with E-state index in [9.17, 15) is 9.59 Å². The van der Waals surface area contributed by atoms with E-state index in [0.717, 1.165) is 41.7 Å². The van der Waals surface area contributed by atoms with Gasteiger partial charge >= 0.3 is 5.97 Å². The number of benzene rings is 1. The lowest BCUT2D eigenvalue weighted by molar-refractivity contribution is 0.0526. The molecule has 1 heterocycles. The van der Waals surface area contributed by atoms with Crippen molar-refractivity contribution in [1.29, 1.82) is 0 Å². The van der Waals surface area contributed by atoms with Gasteiger partial charge in [-0.15, -0.1) is 11.3 Å². The Morgan fingerprint density at radius 2 is 1.88 bits per heavy atom. The number of anilines is 1. The summed E-state index contributed by atoms with van der Waals surface area (Å²) in [6, 6.07) is 7.08. The third-order valence-corrected chi connectivity index (χ3v) is 7.23. The van der Waals surface area contributed by atoms with Crippen LogP contribution in [0.25, 0.3) is 0 Å². The lowest BCUT2D eigenvalue weighted by Crippen LogP contribution is -2.56. The molecular formula is C22H24Cl3N3O3S2. The van der Waals surface area contributed by atoms with Crippen LogP contribution in [0.3, 0.4) is 0 Å². The van der Waals surface area contributed by atoms with E-state index in [-0.39, 0.29) is 11.7 Å². The molecule has 0 fully saturated rings. The second-order valence-corrected chi connectivity index (χ2v) is 11.4. The van der Waals surface area contributed by atoms with Gasteiger partial charge in [-0.2, -0.15) is 0 Å². The minimum atomic E-state index is -1.90. The van der Waals surface area contributed by atoms with E-state index < -0.39 is 21.8 Å². The molecule has 3 rings (SSSR count). The molecule has 0 aliphatic heterocycles. The monoisotopic (exact) mass is 547 g/mol. The lowest BCUT2D eigenvalue weighted by atomic mass is 9.95. The molecule has 1 unspecified atom stereocenters. The standard InChI is InChI=1S/C22H24Cl3N3O3S2/c1-3-31-19(30)16-14-10-6-7-11-15(14)33-18(16)27-21(32)28-20(22(23,24)25)26-17(29)13-9-5-4-8-12(13)2/h4-5,8-9,20H,3,6-7,10-11H2,1-2H3,(H,26,29)(H2,27,28,32). The summed E-state index contributed by atoms with van der Waals surface area (Å²) in [4.78, 5) is 26.6. The number of thiophene rings is 1. The number of hydrogen-bond donors (Lipinski definition) is 3. The largest absolute Gasteiger partial charge is 0.462 e. The summed E-state index contributed by atoms with van der Waals surface area (Å²) < 4.78 is 3.37. The highest BCUT2D eigenvalue weighted by molar-refractivity contribution is 7.80. The summed E-state index contributed by atoms with van der Waals surface area (Å²) in [5, 5.41) is 9.24. The summed E-state index contributed by atoms with van der Waals surface area (Å²) in [6.45, 7) is 3.85. The van der Waals surface area contributed by atoms with Gasteiger partial charge in [-0.1, -0.05) is 53.0 Å². The molecule has 178 valence electrons. The maximum Gasteiger partial charge on any atom is 0.341 e. The number of carbonyl (C=O) groups is 2. The van der Waals surface area contributed by atoms with Gasteiger partial charge in [0, 0.05) is 10.4 Å². The summed E-state index contributed by atoms with van der Waals surface area (Å²) in [6.07, 6.45) is 2.66. The molecule has 1 amide bonds. The molecule has 33 heavy (non-hydrogen) atoms. The smallest absolute Gasteiger partial charge is 0.341 e. The van der Waals surface area contributed by atoms with Crippen LogP contribution in [0.2, 0.25) is 0 Å². The lowest BCUT2D eigenvalue weighted by Gasteiger charge is -2.28. The number of fused-ring (bicyclic) bond motifs is 1. The number of ether oxygens (including phenoxy) is 1. The maximum absolute atomic E-state index is 12.8. The molecule has 0 saturated heterocycles. The van der Waals surface area contributed by atoms with E-state index in [1.807, 2.05) is 19.1 Å². The Labute approximate surface area is 217 Å². The summed E-state index contributed by atoms with van der Waals surface area (Å²) in [5.41, 5.74) is 2.73. The van der Waals surface area contributed by atoms with Crippen LogP contribution in [0.4, 0.5) is 5.00 Å². The van der Waals surface area contributed by atoms with Gasteiger partial charge in [-0.05, 0) is 68.9 Å². The number of esters is 1. The minimum Gasteiger partial charge on any atom is -0.462 e. The third-order valence-electron chi connectivity index (χ3n) is 5.15. The predicted molar refractivity (Wildman–Crippen MR) is 139 cm³/mol. The van der Waals surface area contributed by atoms with Crippen molar-refractivity contribution in [2.24, 2.45) is 0 Å². The SMILES string of the molecule is CCOC(=O)c1c(NC(=S)NC(NC(=O)c2ccccc2C)C(Cl)(Cl)Cl)sc2c1CCCC2. The Kier molecular flexibility index (Phi) is 8.86. The first-order chi connectivity index (χ1) is 15.6. The van der Waals surface area contributed by atoms with Crippen LogP contribution in [-0.4, -0.2) is 33.6 Å². The molecule has 3 N–H and O–H groups in total. The minimum absolute atomic E-state index is 0.0977. The highest BCUT2D eigenvalue weighted by atomic mass is 35.6. The van der Waals surface area contributed by atoms with Crippen LogP contribution in [0.15, 0.2) is 24.3 Å². The van der Waals surface area contributed by atoms with Crippen molar-refractivity contribution in [2.45, 2.75) is 49.5 Å². The van der Waals surface area contributed by atoms with Crippen molar-refractivity contribution in [2.75, 3.05) is 11.9 Å². The van der Waals surface area contributed by atoms with Crippen LogP contribution in [-0.2, 0) is 17.6 Å². The molecule has 1 aliphatic carbocycles. The van der Waals surface area contributed by atoms with Gasteiger partial charge in [0.05, 0.1) is 12.2 Å². The highest BCUT2D eigenvalue weighted by Crippen LogP contribution is 2.38. The fraction of sp³-hybridized carbons (Fsp3) is 0.409. The average molecular weight is 549 g/mol. The molecule has 2 aromatic rings. The van der Waals surface area contributed by atoms with Gasteiger partial charge in [0.15, 0.2) is 5.11 Å². The van der Waals surface area contributed by atoms with E-state index in [0.29, 0.717) is 16.1 Å². The van der Waals surface area contributed by atoms with Gasteiger partial charge in [0.2, 0.25) is 3.79 Å². The molecule has 0 bridgehead atoms. The number of nitrogens with one attached hydrogen (secondary N) is 3. The Hall–Kier alpha value is -1.58. The molecule has 6 nitrogen and oxygen atoms in total. The van der Waals surface area contributed by atoms with Crippen molar-refractivity contribution in [3.05, 3.63) is 51.4 Å². The molecule has 1 aromatic carbocycles. The maximum atomic E-state index is 12.8. The fourth-order valence-corrected chi connectivity index (χ4v) is 5.47. The van der Waals surface area contributed by atoms with Gasteiger partial charge in [-0.3, -0.25) is 4.79 Å². The zero-order valence-electron chi connectivity index (χ0n) is 18.1. The van der Waals surface area contributed by atoms with E-state index in [2.05, 4.69) is 16.0 Å². The van der Waals surface area contributed by atoms with E-state index in [1.54, 1.807) is 19.1 Å². The first-order valence-corrected chi connectivity index (χ1v) is 12.8. The first-order valence-electron chi connectivity index (χ1n) is 10.4. The average Bonchev–Trinajstić information content (AvgIpc) is 3.10. The molecule has 0 radical (unpaired) electrons. The summed E-state index contributed by atoms with van der Waals surface area (Å²) >= 11 is 25.3. The van der Waals surface area contributed by atoms with Crippen LogP contribution in [0.1, 0.15) is 56.5 Å². The molecule has 1 atom stereocenters. The number of carbonyl (C=O) groups excluding carboxylic acids is 2. The Morgan fingerprint density at radius 1 is 1.18 bits per heavy atom. The zero-order valence-corrected chi connectivity index (χ0v) is 22.0. The van der Waals surface area contributed by atoms with E-state index in [1.165, 1.54) is 11.3 Å². The van der Waals surface area contributed by atoms with Gasteiger partial charge in [0.1, 0.15) is 11.2 Å².